The third-order valence-corrected chi connectivity index (χ3v) is 2.98. The van der Waals surface area contributed by atoms with Crippen LogP contribution in [0.1, 0.15) is 11.1 Å². The molecular weight excluding hydrogens is 269 g/mol. The molecule has 0 spiro atoms. The van der Waals surface area contributed by atoms with Gasteiger partial charge in [0.2, 0.25) is 5.82 Å². The van der Waals surface area contributed by atoms with Gasteiger partial charge in [0.05, 0.1) is 18.2 Å². The number of aromatic nitrogens is 4. The first-order chi connectivity index (χ1) is 10.3. The van der Waals surface area contributed by atoms with Gasteiger partial charge in [0.25, 0.3) is 0 Å². The second-order valence-electron chi connectivity index (χ2n) is 4.43. The van der Waals surface area contributed by atoms with Gasteiger partial charge >= 0.3 is 0 Å². The molecule has 0 fully saturated rings. The van der Waals surface area contributed by atoms with Gasteiger partial charge in [0.1, 0.15) is 5.82 Å². The number of halogens is 1. The number of nitriles is 1. The number of nitrogens with zero attached hydrogens (tertiary/aromatic N) is 5. The molecule has 0 aliphatic heterocycles. The van der Waals surface area contributed by atoms with Crippen molar-refractivity contribution < 1.29 is 4.39 Å². The van der Waals surface area contributed by atoms with Gasteiger partial charge < -0.3 is 0 Å². The Labute approximate surface area is 120 Å². The molecule has 3 aromatic rings. The minimum atomic E-state index is -0.451. The molecule has 6 heteroatoms. The minimum Gasteiger partial charge on any atom is -0.207 e. The number of hydrogen-bond donors (Lipinski definition) is 0. The molecule has 102 valence electrons. The van der Waals surface area contributed by atoms with Crippen molar-refractivity contribution >= 4 is 0 Å². The van der Waals surface area contributed by atoms with Crippen molar-refractivity contribution in [2.24, 2.45) is 0 Å². The number of benzene rings is 2. The maximum atomic E-state index is 13.8. The van der Waals surface area contributed by atoms with Crippen LogP contribution in [0.3, 0.4) is 0 Å². The van der Waals surface area contributed by atoms with Crippen molar-refractivity contribution in [1.29, 1.82) is 5.26 Å². The van der Waals surface area contributed by atoms with Crippen LogP contribution in [0.5, 0.6) is 0 Å². The first-order valence-corrected chi connectivity index (χ1v) is 6.28. The summed E-state index contributed by atoms with van der Waals surface area (Å²) in [5.41, 5.74) is 1.54. The van der Waals surface area contributed by atoms with Gasteiger partial charge in [-0.3, -0.25) is 0 Å². The summed E-state index contributed by atoms with van der Waals surface area (Å²) in [4.78, 5) is 1.33. The molecule has 1 aromatic heterocycles. The van der Waals surface area contributed by atoms with Crippen LogP contribution in [-0.4, -0.2) is 20.2 Å². The fourth-order valence-corrected chi connectivity index (χ4v) is 1.91. The molecule has 3 rings (SSSR count). The van der Waals surface area contributed by atoms with E-state index in [9.17, 15) is 4.39 Å². The Hall–Kier alpha value is -3.07. The first kappa shape index (κ1) is 12.9. The Morgan fingerprint density at radius 1 is 1.14 bits per heavy atom. The van der Waals surface area contributed by atoms with Crippen LogP contribution in [0.15, 0.2) is 48.5 Å². The van der Waals surface area contributed by atoms with Crippen molar-refractivity contribution in [1.82, 2.24) is 20.2 Å². The summed E-state index contributed by atoms with van der Waals surface area (Å²) in [5, 5.41) is 20.8. The molecule has 0 aliphatic rings. The van der Waals surface area contributed by atoms with E-state index in [1.54, 1.807) is 12.1 Å². The van der Waals surface area contributed by atoms with Crippen LogP contribution in [0, 0.1) is 17.1 Å². The molecule has 0 unspecified atom stereocenters. The zero-order valence-electron chi connectivity index (χ0n) is 10.9. The normalized spacial score (nSPS) is 10.3. The second kappa shape index (κ2) is 5.51. The monoisotopic (exact) mass is 279 g/mol. The van der Waals surface area contributed by atoms with E-state index in [1.165, 1.54) is 10.9 Å². The average molecular weight is 279 g/mol. The zero-order valence-corrected chi connectivity index (χ0v) is 10.9. The molecule has 0 N–H and O–H groups in total. The quantitative estimate of drug-likeness (QED) is 0.738. The molecule has 0 amide bonds. The van der Waals surface area contributed by atoms with Crippen molar-refractivity contribution in [3.05, 3.63) is 65.5 Å². The van der Waals surface area contributed by atoms with E-state index < -0.39 is 5.82 Å². The van der Waals surface area contributed by atoms with E-state index in [1.807, 2.05) is 36.4 Å². The molecule has 0 saturated heterocycles. The van der Waals surface area contributed by atoms with E-state index in [-0.39, 0.29) is 12.1 Å². The van der Waals surface area contributed by atoms with Crippen LogP contribution in [0.4, 0.5) is 4.39 Å². The Morgan fingerprint density at radius 3 is 2.67 bits per heavy atom. The molecule has 0 radical (unpaired) electrons. The third kappa shape index (κ3) is 2.77. The molecular formula is C15H10FN5. The highest BCUT2D eigenvalue weighted by Gasteiger charge is 2.09. The fourth-order valence-electron chi connectivity index (χ4n) is 1.91. The van der Waals surface area contributed by atoms with Crippen molar-refractivity contribution in [3.8, 4) is 17.5 Å². The highest BCUT2D eigenvalue weighted by atomic mass is 19.1. The molecule has 0 saturated carbocycles. The topological polar surface area (TPSA) is 67.4 Å². The van der Waals surface area contributed by atoms with Gasteiger partial charge in [-0.1, -0.05) is 36.4 Å². The van der Waals surface area contributed by atoms with Gasteiger partial charge in [0, 0.05) is 11.1 Å². The van der Waals surface area contributed by atoms with E-state index in [0.29, 0.717) is 11.4 Å². The number of rotatable bonds is 3. The van der Waals surface area contributed by atoms with Gasteiger partial charge in [-0.2, -0.15) is 10.1 Å². The van der Waals surface area contributed by atoms with Crippen LogP contribution < -0.4 is 0 Å². The predicted octanol–water partition coefficient (Wildman–Crippen LogP) is 2.40. The highest BCUT2D eigenvalue weighted by Crippen LogP contribution is 2.14. The maximum absolute atomic E-state index is 13.8. The lowest BCUT2D eigenvalue weighted by molar-refractivity contribution is 0.538. The molecule has 0 aliphatic carbocycles. The number of hydrogen-bond acceptors (Lipinski definition) is 4. The van der Waals surface area contributed by atoms with Crippen molar-refractivity contribution in [2.75, 3.05) is 0 Å². The number of tetrazole rings is 1. The van der Waals surface area contributed by atoms with Crippen LogP contribution in [0.25, 0.3) is 11.4 Å². The average Bonchev–Trinajstić information content (AvgIpc) is 2.99. The largest absolute Gasteiger partial charge is 0.207 e. The maximum Gasteiger partial charge on any atom is 0.204 e. The fraction of sp³-hybridized carbons (Fsp3) is 0.0667. The van der Waals surface area contributed by atoms with Gasteiger partial charge in [-0.15, -0.1) is 10.2 Å². The minimum absolute atomic E-state index is 0.164. The summed E-state index contributed by atoms with van der Waals surface area (Å²) < 4.78 is 13.8. The van der Waals surface area contributed by atoms with E-state index in [2.05, 4.69) is 15.4 Å². The SMILES string of the molecule is N#Cc1ccc(Cn2nnc(-c3ccccc3)n2)c(F)c1. The van der Waals surface area contributed by atoms with Crippen LogP contribution in [0.2, 0.25) is 0 Å². The molecule has 5 nitrogen and oxygen atoms in total. The Bertz CT molecular complexity index is 804. The first-order valence-electron chi connectivity index (χ1n) is 6.28. The summed E-state index contributed by atoms with van der Waals surface area (Å²) in [6.07, 6.45) is 0. The Kier molecular flexibility index (Phi) is 3.39. The summed E-state index contributed by atoms with van der Waals surface area (Å²) in [6.45, 7) is 0.164. The zero-order chi connectivity index (χ0) is 14.7. The summed E-state index contributed by atoms with van der Waals surface area (Å²) in [6, 6.07) is 15.6. The summed E-state index contributed by atoms with van der Waals surface area (Å²) in [7, 11) is 0. The van der Waals surface area contributed by atoms with Crippen molar-refractivity contribution in [2.45, 2.75) is 6.54 Å². The van der Waals surface area contributed by atoms with Crippen LogP contribution >= 0.6 is 0 Å². The van der Waals surface area contributed by atoms with Crippen LogP contribution in [-0.2, 0) is 6.54 Å². The lowest BCUT2D eigenvalue weighted by atomic mass is 10.1. The van der Waals surface area contributed by atoms with Gasteiger partial charge in [0.15, 0.2) is 0 Å². The Balaban J connectivity index is 1.84. The van der Waals surface area contributed by atoms with E-state index >= 15 is 0 Å². The molecule has 0 bridgehead atoms. The predicted molar refractivity (Wildman–Crippen MR) is 73.5 cm³/mol. The standard InChI is InChI=1S/C15H10FN5/c16-14-8-11(9-17)6-7-13(14)10-21-19-15(18-20-21)12-4-2-1-3-5-12/h1-8H,10H2. The second-order valence-corrected chi connectivity index (χ2v) is 4.43. The third-order valence-electron chi connectivity index (χ3n) is 2.98. The molecule has 21 heavy (non-hydrogen) atoms. The molecule has 0 atom stereocenters. The van der Waals surface area contributed by atoms with E-state index in [0.717, 1.165) is 5.56 Å². The molecule has 1 heterocycles. The summed E-state index contributed by atoms with van der Waals surface area (Å²) in [5.74, 6) is 0.0391. The lowest BCUT2D eigenvalue weighted by Gasteiger charge is -2.01. The van der Waals surface area contributed by atoms with Gasteiger partial charge in [-0.05, 0) is 17.3 Å². The van der Waals surface area contributed by atoms with Crippen molar-refractivity contribution in [3.63, 3.8) is 0 Å². The lowest BCUT2D eigenvalue weighted by Crippen LogP contribution is -2.06. The van der Waals surface area contributed by atoms with Gasteiger partial charge in [-0.25, -0.2) is 4.39 Å². The highest BCUT2D eigenvalue weighted by molar-refractivity contribution is 5.52. The summed E-state index contributed by atoms with van der Waals surface area (Å²) >= 11 is 0. The Morgan fingerprint density at radius 2 is 1.95 bits per heavy atom. The smallest absolute Gasteiger partial charge is 0.204 e. The van der Waals surface area contributed by atoms with E-state index in [4.69, 9.17) is 5.26 Å². The molecule has 2 aromatic carbocycles.